The summed E-state index contributed by atoms with van der Waals surface area (Å²) in [6, 6.07) is 51.0. The van der Waals surface area contributed by atoms with Crippen molar-refractivity contribution in [3.8, 4) is 45.3 Å². The van der Waals surface area contributed by atoms with Gasteiger partial charge in [0.25, 0.3) is 0 Å². The molecule has 0 N–H and O–H groups in total. The summed E-state index contributed by atoms with van der Waals surface area (Å²) in [7, 11) is 0. The Hall–Kier alpha value is -5.08. The summed E-state index contributed by atoms with van der Waals surface area (Å²) in [5.74, 6) is 3.48. The van der Waals surface area contributed by atoms with Gasteiger partial charge < -0.3 is 9.47 Å². The van der Waals surface area contributed by atoms with Crippen LogP contribution in [0.3, 0.4) is 0 Å². The van der Waals surface area contributed by atoms with Crippen LogP contribution in [0.1, 0.15) is 22.3 Å². The summed E-state index contributed by atoms with van der Waals surface area (Å²) in [6.45, 7) is 0. The Labute approximate surface area is 227 Å². The van der Waals surface area contributed by atoms with Crippen LogP contribution in [0.15, 0.2) is 146 Å². The summed E-state index contributed by atoms with van der Waals surface area (Å²) in [5.41, 5.74) is 8.35. The second-order valence-corrected chi connectivity index (χ2v) is 10.1. The third-order valence-electron chi connectivity index (χ3n) is 8.01. The lowest BCUT2D eigenvalue weighted by molar-refractivity contribution is 0.400. The summed E-state index contributed by atoms with van der Waals surface area (Å²) >= 11 is 0. The van der Waals surface area contributed by atoms with Gasteiger partial charge in [-0.05, 0) is 34.9 Å². The fourth-order valence-electron chi connectivity index (χ4n) is 6.34. The zero-order valence-corrected chi connectivity index (χ0v) is 21.2. The maximum atomic E-state index is 6.94. The van der Waals surface area contributed by atoms with Gasteiger partial charge in [0, 0.05) is 27.8 Å². The third-order valence-corrected chi connectivity index (χ3v) is 8.01. The molecule has 0 aromatic heterocycles. The highest BCUT2D eigenvalue weighted by Gasteiger charge is 2.50. The van der Waals surface area contributed by atoms with E-state index in [4.69, 9.17) is 9.47 Å². The Morgan fingerprint density at radius 2 is 0.923 bits per heavy atom. The molecular weight excluding hydrogens is 476 g/mol. The molecule has 0 fully saturated rings. The topological polar surface area (TPSA) is 18.5 Å². The fourth-order valence-corrected chi connectivity index (χ4v) is 6.34. The van der Waals surface area contributed by atoms with E-state index in [1.165, 1.54) is 0 Å². The SMILES string of the molecule is c1ccc(-c2ccc3c(c2)Oc2c(-c4ccccc4)cccc2C32c3ccccc3Oc3ccccc32)cc1. The molecule has 0 unspecified atom stereocenters. The van der Waals surface area contributed by atoms with Crippen molar-refractivity contribution in [2.24, 2.45) is 0 Å². The summed E-state index contributed by atoms with van der Waals surface area (Å²) in [5, 5.41) is 0. The van der Waals surface area contributed by atoms with Gasteiger partial charge in [-0.1, -0.05) is 127 Å². The lowest BCUT2D eigenvalue weighted by Crippen LogP contribution is -2.37. The van der Waals surface area contributed by atoms with Crippen molar-refractivity contribution in [3.63, 3.8) is 0 Å². The van der Waals surface area contributed by atoms with E-state index in [-0.39, 0.29) is 0 Å². The van der Waals surface area contributed by atoms with Crippen molar-refractivity contribution < 1.29 is 9.47 Å². The van der Waals surface area contributed by atoms with Crippen molar-refractivity contribution in [2.75, 3.05) is 0 Å². The molecule has 39 heavy (non-hydrogen) atoms. The number of hydrogen-bond donors (Lipinski definition) is 0. The van der Waals surface area contributed by atoms with E-state index in [9.17, 15) is 0 Å². The van der Waals surface area contributed by atoms with Crippen molar-refractivity contribution in [3.05, 3.63) is 168 Å². The van der Waals surface area contributed by atoms with Crippen molar-refractivity contribution >= 4 is 0 Å². The molecule has 0 bridgehead atoms. The van der Waals surface area contributed by atoms with E-state index in [1.807, 2.05) is 24.3 Å². The molecule has 2 nitrogen and oxygen atoms in total. The highest BCUT2D eigenvalue weighted by molar-refractivity contribution is 5.83. The molecule has 1 spiro atoms. The second kappa shape index (κ2) is 8.47. The first-order valence-electron chi connectivity index (χ1n) is 13.3. The normalized spacial score (nSPS) is 13.7. The van der Waals surface area contributed by atoms with E-state index in [0.29, 0.717) is 0 Å². The van der Waals surface area contributed by atoms with Crippen molar-refractivity contribution in [1.82, 2.24) is 0 Å². The first-order valence-corrected chi connectivity index (χ1v) is 13.3. The molecule has 0 radical (unpaired) electrons. The van der Waals surface area contributed by atoms with Crippen LogP contribution in [0.2, 0.25) is 0 Å². The lowest BCUT2D eigenvalue weighted by atomic mass is 9.62. The summed E-state index contributed by atoms with van der Waals surface area (Å²) in [6.07, 6.45) is 0. The third kappa shape index (κ3) is 3.15. The second-order valence-electron chi connectivity index (χ2n) is 10.1. The summed E-state index contributed by atoms with van der Waals surface area (Å²) in [4.78, 5) is 0. The molecule has 0 atom stereocenters. The zero-order valence-electron chi connectivity index (χ0n) is 21.2. The molecule has 2 aliphatic rings. The van der Waals surface area contributed by atoms with Crippen LogP contribution in [0.5, 0.6) is 23.0 Å². The molecule has 0 saturated carbocycles. The van der Waals surface area contributed by atoms with Gasteiger partial charge in [-0.15, -0.1) is 0 Å². The van der Waals surface area contributed by atoms with Crippen LogP contribution in [-0.4, -0.2) is 0 Å². The van der Waals surface area contributed by atoms with E-state index in [0.717, 1.165) is 67.5 Å². The predicted molar refractivity (Wildman–Crippen MR) is 156 cm³/mol. The fraction of sp³-hybridized carbons (Fsp3) is 0.0270. The molecule has 0 saturated heterocycles. The number of ether oxygens (including phenoxy) is 2. The van der Waals surface area contributed by atoms with Gasteiger partial charge in [-0.3, -0.25) is 0 Å². The smallest absolute Gasteiger partial charge is 0.140 e. The van der Waals surface area contributed by atoms with Gasteiger partial charge >= 0.3 is 0 Å². The highest BCUT2D eigenvalue weighted by atomic mass is 16.5. The maximum Gasteiger partial charge on any atom is 0.140 e. The van der Waals surface area contributed by atoms with E-state index in [2.05, 4.69) is 121 Å². The number of para-hydroxylation sites is 3. The minimum atomic E-state index is -0.603. The van der Waals surface area contributed by atoms with Crippen LogP contribution in [-0.2, 0) is 5.41 Å². The molecule has 8 rings (SSSR count). The van der Waals surface area contributed by atoms with Gasteiger partial charge in [-0.2, -0.15) is 0 Å². The van der Waals surface area contributed by atoms with Gasteiger partial charge in [0.15, 0.2) is 0 Å². The quantitative estimate of drug-likeness (QED) is 0.235. The number of hydrogen-bond acceptors (Lipinski definition) is 2. The lowest BCUT2D eigenvalue weighted by Gasteiger charge is -2.45. The predicted octanol–water partition coefficient (Wildman–Crippen LogP) is 9.61. The minimum absolute atomic E-state index is 0.603. The van der Waals surface area contributed by atoms with Gasteiger partial charge in [-0.25, -0.2) is 0 Å². The van der Waals surface area contributed by atoms with E-state index in [1.54, 1.807) is 0 Å². The summed E-state index contributed by atoms with van der Waals surface area (Å²) < 4.78 is 13.4. The monoisotopic (exact) mass is 500 g/mol. The standard InChI is InChI=1S/C37H24O2/c1-3-12-25(13-4-1)27-22-23-31-35(24-27)39-36-28(26-14-5-2-6-15-26)16-11-19-32(36)37(31)29-17-7-9-20-33(29)38-34-21-10-8-18-30(34)37/h1-24H. The van der Waals surface area contributed by atoms with Crippen LogP contribution in [0.25, 0.3) is 22.3 Å². The van der Waals surface area contributed by atoms with Crippen molar-refractivity contribution in [2.45, 2.75) is 5.41 Å². The first kappa shape index (κ1) is 22.0. The largest absolute Gasteiger partial charge is 0.457 e. The van der Waals surface area contributed by atoms with Crippen molar-refractivity contribution in [1.29, 1.82) is 0 Å². The van der Waals surface area contributed by atoms with Crippen LogP contribution in [0, 0.1) is 0 Å². The maximum absolute atomic E-state index is 6.94. The Bertz CT molecular complexity index is 1810. The average molecular weight is 501 g/mol. The Balaban J connectivity index is 1.51. The van der Waals surface area contributed by atoms with Gasteiger partial charge in [0.05, 0.1) is 5.41 Å². The molecular formula is C37H24O2. The number of rotatable bonds is 2. The molecule has 2 aliphatic heterocycles. The molecule has 6 aromatic carbocycles. The highest BCUT2D eigenvalue weighted by Crippen LogP contribution is 2.62. The molecule has 6 aromatic rings. The Morgan fingerprint density at radius 3 is 1.62 bits per heavy atom. The van der Waals surface area contributed by atoms with Crippen LogP contribution < -0.4 is 9.47 Å². The van der Waals surface area contributed by atoms with E-state index < -0.39 is 5.41 Å². The van der Waals surface area contributed by atoms with Crippen LogP contribution >= 0.6 is 0 Å². The number of fused-ring (bicyclic) bond motifs is 8. The first-order chi connectivity index (χ1) is 19.3. The number of benzene rings is 6. The molecule has 2 heteroatoms. The average Bonchev–Trinajstić information content (AvgIpc) is 3.01. The Kier molecular flexibility index (Phi) is 4.77. The Morgan fingerprint density at radius 1 is 0.359 bits per heavy atom. The van der Waals surface area contributed by atoms with Gasteiger partial charge in [0.1, 0.15) is 23.0 Å². The molecule has 0 aliphatic carbocycles. The zero-order chi connectivity index (χ0) is 25.8. The van der Waals surface area contributed by atoms with Gasteiger partial charge in [0.2, 0.25) is 0 Å². The molecule has 0 amide bonds. The molecule has 2 heterocycles. The minimum Gasteiger partial charge on any atom is -0.457 e. The van der Waals surface area contributed by atoms with Crippen LogP contribution in [0.4, 0.5) is 0 Å². The molecule has 184 valence electrons. The van der Waals surface area contributed by atoms with E-state index >= 15 is 0 Å².